The van der Waals surface area contributed by atoms with Crippen LogP contribution in [-0.4, -0.2) is 30.4 Å². The minimum Gasteiger partial charge on any atom is -0.352 e. The van der Waals surface area contributed by atoms with Crippen molar-refractivity contribution >= 4 is 5.91 Å². The molecule has 1 N–H and O–H groups in total. The van der Waals surface area contributed by atoms with Gasteiger partial charge in [0.2, 0.25) is 0 Å². The maximum Gasteiger partial charge on any atom is 0.251 e. The molecule has 2 heterocycles. The highest BCUT2D eigenvalue weighted by Gasteiger charge is 2.38. The van der Waals surface area contributed by atoms with Crippen LogP contribution in [-0.2, 0) is 6.54 Å². The number of hydrogen-bond donors (Lipinski definition) is 1. The van der Waals surface area contributed by atoms with E-state index >= 15 is 0 Å². The second-order valence-corrected chi connectivity index (χ2v) is 6.49. The molecular weight excluding hydrogens is 291 g/mol. The summed E-state index contributed by atoms with van der Waals surface area (Å²) >= 11 is 0. The average Bonchev–Trinajstić information content (AvgIpc) is 2.91. The van der Waals surface area contributed by atoms with E-state index < -0.39 is 0 Å². The molecule has 4 heteroatoms. The van der Waals surface area contributed by atoms with Crippen molar-refractivity contribution in [2.75, 3.05) is 19.6 Å². The molecule has 0 unspecified atom stereocenters. The Morgan fingerprint density at radius 1 is 1.13 bits per heavy atom. The molecule has 1 amide bonds. The number of amides is 1. The summed E-state index contributed by atoms with van der Waals surface area (Å²) < 4.78 is 13.5. The Morgan fingerprint density at radius 2 is 1.96 bits per heavy atom. The Kier molecular flexibility index (Phi) is 3.62. The number of hydrogen-bond acceptors (Lipinski definition) is 2. The maximum absolute atomic E-state index is 13.5. The van der Waals surface area contributed by atoms with Crippen LogP contribution in [0.1, 0.15) is 27.4 Å². The lowest BCUT2D eigenvalue weighted by Gasteiger charge is -2.17. The second-order valence-electron chi connectivity index (χ2n) is 6.49. The molecule has 2 aliphatic heterocycles. The van der Waals surface area contributed by atoms with Crippen LogP contribution in [0.4, 0.5) is 4.39 Å². The van der Waals surface area contributed by atoms with Gasteiger partial charge in [-0.25, -0.2) is 4.39 Å². The van der Waals surface area contributed by atoms with Gasteiger partial charge in [-0.3, -0.25) is 9.69 Å². The third-order valence-electron chi connectivity index (χ3n) is 4.95. The number of likely N-dealkylation sites (tertiary alicyclic amines) is 1. The zero-order valence-electron chi connectivity index (χ0n) is 12.8. The molecule has 1 fully saturated rings. The highest BCUT2D eigenvalue weighted by Crippen LogP contribution is 2.36. The molecule has 2 atom stereocenters. The molecule has 2 aromatic carbocycles. The van der Waals surface area contributed by atoms with Crippen LogP contribution >= 0.6 is 0 Å². The number of benzene rings is 2. The van der Waals surface area contributed by atoms with Gasteiger partial charge < -0.3 is 5.32 Å². The first-order chi connectivity index (χ1) is 11.2. The van der Waals surface area contributed by atoms with Gasteiger partial charge in [0, 0.05) is 37.7 Å². The average molecular weight is 310 g/mol. The van der Waals surface area contributed by atoms with E-state index in [2.05, 4.69) is 34.5 Å². The number of carbonyl (C=O) groups is 1. The third-order valence-corrected chi connectivity index (χ3v) is 4.95. The molecule has 0 bridgehead atoms. The van der Waals surface area contributed by atoms with E-state index in [1.54, 1.807) is 6.07 Å². The first-order valence-corrected chi connectivity index (χ1v) is 8.04. The summed E-state index contributed by atoms with van der Waals surface area (Å²) in [7, 11) is 0. The molecule has 2 aliphatic rings. The summed E-state index contributed by atoms with van der Waals surface area (Å²) in [5.41, 5.74) is 2.79. The number of nitrogens with one attached hydrogen (secondary N) is 1. The predicted octanol–water partition coefficient (Wildman–Crippen LogP) is 2.78. The zero-order chi connectivity index (χ0) is 15.8. The molecule has 0 aliphatic carbocycles. The fourth-order valence-electron chi connectivity index (χ4n) is 3.86. The number of carbonyl (C=O) groups excluding carboxylic acids is 1. The van der Waals surface area contributed by atoms with Gasteiger partial charge in [-0.15, -0.1) is 0 Å². The van der Waals surface area contributed by atoms with Gasteiger partial charge in [0.15, 0.2) is 0 Å². The first kappa shape index (κ1) is 14.4. The van der Waals surface area contributed by atoms with Crippen LogP contribution in [0.15, 0.2) is 48.5 Å². The van der Waals surface area contributed by atoms with Gasteiger partial charge >= 0.3 is 0 Å². The van der Waals surface area contributed by atoms with Crippen LogP contribution in [0.2, 0.25) is 0 Å². The Balaban J connectivity index is 1.60. The van der Waals surface area contributed by atoms with Crippen LogP contribution in [0.3, 0.4) is 0 Å². The normalized spacial score (nSPS) is 23.8. The summed E-state index contributed by atoms with van der Waals surface area (Å²) in [6, 6.07) is 15.0. The standard InChI is InChI=1S/C19H19FN2O/c20-15-6-7-16-17(8-15)19(23)21-9-14-11-22(12-18(14)16)10-13-4-2-1-3-5-13/h1-8,14,18H,9-12H2,(H,21,23)/t14-,18-/m0/s1. The van der Waals surface area contributed by atoms with Crippen molar-refractivity contribution in [3.05, 3.63) is 71.0 Å². The van der Waals surface area contributed by atoms with Crippen molar-refractivity contribution in [2.24, 2.45) is 5.92 Å². The summed E-state index contributed by atoms with van der Waals surface area (Å²) in [5, 5.41) is 2.95. The quantitative estimate of drug-likeness (QED) is 0.925. The van der Waals surface area contributed by atoms with Gasteiger partial charge in [0.1, 0.15) is 5.82 Å². The highest BCUT2D eigenvalue weighted by molar-refractivity contribution is 5.96. The van der Waals surface area contributed by atoms with E-state index in [-0.39, 0.29) is 17.6 Å². The van der Waals surface area contributed by atoms with Gasteiger partial charge in [-0.1, -0.05) is 36.4 Å². The SMILES string of the molecule is O=C1NC[C@H]2CN(Cc3ccccc3)C[C@@H]2c2ccc(F)cc21. The van der Waals surface area contributed by atoms with E-state index in [0.29, 0.717) is 18.0 Å². The van der Waals surface area contributed by atoms with Crippen LogP contribution in [0.5, 0.6) is 0 Å². The van der Waals surface area contributed by atoms with Crippen molar-refractivity contribution < 1.29 is 9.18 Å². The topological polar surface area (TPSA) is 32.3 Å². The fraction of sp³-hybridized carbons (Fsp3) is 0.316. The van der Waals surface area contributed by atoms with Crippen molar-refractivity contribution in [2.45, 2.75) is 12.5 Å². The molecule has 1 saturated heterocycles. The molecule has 0 saturated carbocycles. The molecule has 118 valence electrons. The van der Waals surface area contributed by atoms with Gasteiger partial charge in [-0.2, -0.15) is 0 Å². The lowest BCUT2D eigenvalue weighted by molar-refractivity contribution is 0.0950. The Bertz CT molecular complexity index is 731. The van der Waals surface area contributed by atoms with Crippen LogP contribution < -0.4 is 5.32 Å². The van der Waals surface area contributed by atoms with E-state index in [0.717, 1.165) is 25.2 Å². The van der Waals surface area contributed by atoms with Crippen LogP contribution in [0, 0.1) is 11.7 Å². The summed E-state index contributed by atoms with van der Waals surface area (Å²) in [6.45, 7) is 3.44. The van der Waals surface area contributed by atoms with Gasteiger partial charge in [-0.05, 0) is 29.2 Å². The van der Waals surface area contributed by atoms with Gasteiger partial charge in [0.25, 0.3) is 5.91 Å². The smallest absolute Gasteiger partial charge is 0.251 e. The summed E-state index contributed by atoms with van der Waals surface area (Å²) in [4.78, 5) is 14.6. The number of rotatable bonds is 2. The number of nitrogens with zero attached hydrogens (tertiary/aromatic N) is 1. The molecule has 23 heavy (non-hydrogen) atoms. The Labute approximate surface area is 135 Å². The van der Waals surface area contributed by atoms with Crippen molar-refractivity contribution in [1.29, 1.82) is 0 Å². The zero-order valence-corrected chi connectivity index (χ0v) is 12.8. The van der Waals surface area contributed by atoms with E-state index in [1.807, 2.05) is 6.07 Å². The molecule has 0 aromatic heterocycles. The van der Waals surface area contributed by atoms with E-state index in [4.69, 9.17) is 0 Å². The lowest BCUT2D eigenvalue weighted by Crippen LogP contribution is -2.29. The number of halogens is 1. The second kappa shape index (κ2) is 5.78. The number of fused-ring (bicyclic) bond motifs is 3. The molecule has 4 rings (SSSR count). The molecule has 2 aromatic rings. The van der Waals surface area contributed by atoms with E-state index in [1.165, 1.54) is 17.7 Å². The third kappa shape index (κ3) is 2.75. The minimum absolute atomic E-state index is 0.150. The van der Waals surface area contributed by atoms with Crippen molar-refractivity contribution in [3.8, 4) is 0 Å². The monoisotopic (exact) mass is 310 g/mol. The minimum atomic E-state index is -0.350. The van der Waals surface area contributed by atoms with Crippen molar-refractivity contribution in [1.82, 2.24) is 10.2 Å². The summed E-state index contributed by atoms with van der Waals surface area (Å²) in [5.74, 6) is 0.169. The largest absolute Gasteiger partial charge is 0.352 e. The van der Waals surface area contributed by atoms with Crippen molar-refractivity contribution in [3.63, 3.8) is 0 Å². The molecule has 3 nitrogen and oxygen atoms in total. The summed E-state index contributed by atoms with van der Waals surface area (Å²) in [6.07, 6.45) is 0. The predicted molar refractivity (Wildman–Crippen MR) is 86.7 cm³/mol. The molecule has 0 spiro atoms. The van der Waals surface area contributed by atoms with Crippen LogP contribution in [0.25, 0.3) is 0 Å². The Hall–Kier alpha value is -2.20. The van der Waals surface area contributed by atoms with E-state index in [9.17, 15) is 9.18 Å². The first-order valence-electron chi connectivity index (χ1n) is 8.04. The fourth-order valence-corrected chi connectivity index (χ4v) is 3.86. The maximum atomic E-state index is 13.5. The van der Waals surface area contributed by atoms with Gasteiger partial charge in [0.05, 0.1) is 0 Å². The Morgan fingerprint density at radius 3 is 2.78 bits per heavy atom. The highest BCUT2D eigenvalue weighted by atomic mass is 19.1. The lowest BCUT2D eigenvalue weighted by atomic mass is 9.87. The molecule has 0 radical (unpaired) electrons. The molecular formula is C19H19FN2O.